The first-order valence-corrected chi connectivity index (χ1v) is 3.93. The Morgan fingerprint density at radius 1 is 1.56 bits per heavy atom. The van der Waals surface area contributed by atoms with E-state index in [0.717, 1.165) is 6.07 Å². The zero-order valence-corrected chi connectivity index (χ0v) is 7.75. The van der Waals surface area contributed by atoms with E-state index in [1.165, 1.54) is 6.07 Å². The molecule has 0 spiro atoms. The van der Waals surface area contributed by atoms with Crippen LogP contribution in [0.15, 0.2) is 6.07 Å². The van der Waals surface area contributed by atoms with Gasteiger partial charge < -0.3 is 15.6 Å². The number of hydrogen-bond donors (Lipinski definition) is 2. The average molecular weight is 233 g/mol. The number of anilines is 1. The summed E-state index contributed by atoms with van der Waals surface area (Å²) >= 11 is 0. The van der Waals surface area contributed by atoms with Gasteiger partial charge in [0, 0.05) is 5.69 Å². The molecule has 0 saturated heterocycles. The van der Waals surface area contributed by atoms with Crippen LogP contribution < -0.4 is 10.5 Å². The van der Waals surface area contributed by atoms with E-state index in [0.29, 0.717) is 0 Å². The Hall–Kier alpha value is -2.01. The summed E-state index contributed by atoms with van der Waals surface area (Å²) in [7, 11) is 0. The molecule has 0 atom stereocenters. The van der Waals surface area contributed by atoms with Gasteiger partial charge in [-0.2, -0.15) is 5.26 Å². The number of pyridine rings is 1. The number of nitrogens with two attached hydrogens (primary N) is 1. The van der Waals surface area contributed by atoms with Crippen molar-refractivity contribution in [3.8, 4) is 11.9 Å². The number of rotatable bonds is 2. The summed E-state index contributed by atoms with van der Waals surface area (Å²) in [5.74, 6) is -0.911. The lowest BCUT2D eigenvalue weighted by Gasteiger charge is -2.12. The first-order chi connectivity index (χ1) is 7.37. The van der Waals surface area contributed by atoms with Gasteiger partial charge in [-0.1, -0.05) is 0 Å². The minimum absolute atomic E-state index is 0.187. The number of nitrogen functional groups attached to an aromatic ring is 1. The third-order valence-corrected chi connectivity index (χ3v) is 1.61. The molecular formula is C8H6F3N3O2. The number of halogens is 3. The molecule has 0 aliphatic heterocycles. The summed E-state index contributed by atoms with van der Waals surface area (Å²) in [6, 6.07) is 2.58. The molecule has 0 fully saturated rings. The molecule has 0 bridgehead atoms. The Labute approximate surface area is 87.9 Å². The molecule has 3 N–H and O–H groups in total. The van der Waals surface area contributed by atoms with Gasteiger partial charge in [0.1, 0.15) is 11.8 Å². The zero-order chi connectivity index (χ0) is 12.3. The summed E-state index contributed by atoms with van der Waals surface area (Å²) in [6.07, 6.45) is -4.96. The lowest BCUT2D eigenvalue weighted by atomic mass is 10.2. The quantitative estimate of drug-likeness (QED) is 0.792. The fraction of sp³-hybridized carbons (Fsp3) is 0.250. The topological polar surface area (TPSA) is 92.2 Å². The Morgan fingerprint density at radius 2 is 2.19 bits per heavy atom. The van der Waals surface area contributed by atoms with Gasteiger partial charge in [0.2, 0.25) is 5.88 Å². The molecule has 8 heteroatoms. The molecule has 1 rings (SSSR count). The zero-order valence-electron chi connectivity index (χ0n) is 7.75. The van der Waals surface area contributed by atoms with Crippen molar-refractivity contribution in [2.24, 2.45) is 0 Å². The number of aromatic nitrogens is 1. The number of ether oxygens (including phenoxy) is 1. The van der Waals surface area contributed by atoms with Gasteiger partial charge >= 0.3 is 6.36 Å². The van der Waals surface area contributed by atoms with Crippen LogP contribution in [0.2, 0.25) is 0 Å². The van der Waals surface area contributed by atoms with Gasteiger partial charge in [-0.25, -0.2) is 4.98 Å². The van der Waals surface area contributed by atoms with Crippen molar-refractivity contribution in [1.82, 2.24) is 4.98 Å². The van der Waals surface area contributed by atoms with Crippen molar-refractivity contribution in [1.29, 1.82) is 5.26 Å². The van der Waals surface area contributed by atoms with E-state index in [4.69, 9.17) is 16.1 Å². The third kappa shape index (κ3) is 2.74. The van der Waals surface area contributed by atoms with Crippen LogP contribution in [0.1, 0.15) is 11.3 Å². The molecule has 0 aliphatic rings. The van der Waals surface area contributed by atoms with Gasteiger partial charge in [0.05, 0.1) is 12.2 Å². The molecule has 0 saturated carbocycles. The van der Waals surface area contributed by atoms with E-state index in [1.54, 1.807) is 0 Å². The molecule has 0 amide bonds. The molecule has 5 nitrogen and oxygen atoms in total. The van der Waals surface area contributed by atoms with Crippen molar-refractivity contribution in [3.63, 3.8) is 0 Å². The van der Waals surface area contributed by atoms with Gasteiger partial charge in [0.25, 0.3) is 0 Å². The SMILES string of the molecule is N#Cc1cc(N)c(CO)c(OC(F)(F)F)n1. The maximum Gasteiger partial charge on any atom is 0.574 e. The largest absolute Gasteiger partial charge is 0.574 e. The summed E-state index contributed by atoms with van der Waals surface area (Å²) in [6.45, 7) is -0.768. The second kappa shape index (κ2) is 4.24. The second-order valence-corrected chi connectivity index (χ2v) is 2.70. The van der Waals surface area contributed by atoms with Crippen molar-refractivity contribution < 1.29 is 23.0 Å². The van der Waals surface area contributed by atoms with Gasteiger partial charge in [-0.3, -0.25) is 0 Å². The lowest BCUT2D eigenvalue weighted by Crippen LogP contribution is -2.20. The van der Waals surface area contributed by atoms with Crippen molar-refractivity contribution >= 4 is 5.69 Å². The Bertz CT molecular complexity index is 439. The molecular weight excluding hydrogens is 227 g/mol. The van der Waals surface area contributed by atoms with Crippen molar-refractivity contribution in [2.45, 2.75) is 13.0 Å². The number of alkyl halides is 3. The molecule has 0 unspecified atom stereocenters. The van der Waals surface area contributed by atoms with Crippen LogP contribution in [0, 0.1) is 11.3 Å². The van der Waals surface area contributed by atoms with Crippen molar-refractivity contribution in [2.75, 3.05) is 5.73 Å². The van der Waals surface area contributed by atoms with Crippen LogP contribution in [0.25, 0.3) is 0 Å². The number of hydrogen-bond acceptors (Lipinski definition) is 5. The van der Waals surface area contributed by atoms with Crippen LogP contribution in [0.4, 0.5) is 18.9 Å². The lowest BCUT2D eigenvalue weighted by molar-refractivity contribution is -0.276. The monoisotopic (exact) mass is 233 g/mol. The maximum absolute atomic E-state index is 12.0. The fourth-order valence-corrected chi connectivity index (χ4v) is 0.977. The van der Waals surface area contributed by atoms with Gasteiger partial charge in [-0.05, 0) is 6.07 Å². The third-order valence-electron chi connectivity index (χ3n) is 1.61. The molecule has 1 aromatic heterocycles. The first kappa shape index (κ1) is 12.1. The highest BCUT2D eigenvalue weighted by Gasteiger charge is 2.33. The van der Waals surface area contributed by atoms with Crippen molar-refractivity contribution in [3.05, 3.63) is 17.3 Å². The minimum Gasteiger partial charge on any atom is -0.398 e. The Kier molecular flexibility index (Phi) is 3.20. The molecule has 0 radical (unpaired) electrons. The Balaban J connectivity index is 3.24. The molecule has 1 aromatic rings. The number of nitriles is 1. The van der Waals surface area contributed by atoms with E-state index in [1.807, 2.05) is 0 Å². The molecule has 0 aliphatic carbocycles. The van der Waals surface area contributed by atoms with Crippen LogP contribution >= 0.6 is 0 Å². The number of aliphatic hydroxyl groups is 1. The number of aliphatic hydroxyl groups excluding tert-OH is 1. The molecule has 16 heavy (non-hydrogen) atoms. The highest BCUT2D eigenvalue weighted by atomic mass is 19.4. The maximum atomic E-state index is 12.0. The average Bonchev–Trinajstić information content (AvgIpc) is 2.14. The predicted octanol–water partition coefficient (Wildman–Crippen LogP) is 0.926. The smallest absolute Gasteiger partial charge is 0.398 e. The van der Waals surface area contributed by atoms with Gasteiger partial charge in [-0.15, -0.1) is 13.2 Å². The van der Waals surface area contributed by atoms with E-state index in [2.05, 4.69) is 9.72 Å². The highest BCUT2D eigenvalue weighted by Crippen LogP contribution is 2.28. The summed E-state index contributed by atoms with van der Waals surface area (Å²) in [5.41, 5.74) is 4.51. The highest BCUT2D eigenvalue weighted by molar-refractivity contribution is 5.54. The second-order valence-electron chi connectivity index (χ2n) is 2.70. The van der Waals surface area contributed by atoms with E-state index >= 15 is 0 Å². The van der Waals surface area contributed by atoms with E-state index in [9.17, 15) is 13.2 Å². The molecule has 0 aromatic carbocycles. The Morgan fingerprint density at radius 3 is 2.62 bits per heavy atom. The normalized spacial score (nSPS) is 10.9. The van der Waals surface area contributed by atoms with E-state index in [-0.39, 0.29) is 16.9 Å². The van der Waals surface area contributed by atoms with E-state index < -0.39 is 18.8 Å². The van der Waals surface area contributed by atoms with Crippen LogP contribution in [-0.4, -0.2) is 16.5 Å². The van der Waals surface area contributed by atoms with Crippen LogP contribution in [0.3, 0.4) is 0 Å². The standard InChI is InChI=1S/C8H6F3N3O2/c9-8(10,11)16-7-5(3-15)6(13)1-4(2-12)14-7/h1,15H,3H2,(H2,13,14). The first-order valence-electron chi connectivity index (χ1n) is 3.93. The number of nitrogens with zero attached hydrogens (tertiary/aromatic N) is 2. The summed E-state index contributed by atoms with van der Waals surface area (Å²) in [5, 5.41) is 17.3. The van der Waals surface area contributed by atoms with Crippen LogP contribution in [0.5, 0.6) is 5.88 Å². The minimum atomic E-state index is -4.96. The fourth-order valence-electron chi connectivity index (χ4n) is 0.977. The summed E-state index contributed by atoms with van der Waals surface area (Å²) in [4.78, 5) is 3.26. The predicted molar refractivity (Wildman–Crippen MR) is 46.0 cm³/mol. The van der Waals surface area contributed by atoms with Gasteiger partial charge in [0.15, 0.2) is 0 Å². The summed E-state index contributed by atoms with van der Waals surface area (Å²) < 4.78 is 39.4. The molecule has 1 heterocycles. The van der Waals surface area contributed by atoms with Crippen LogP contribution in [-0.2, 0) is 6.61 Å². The molecule has 86 valence electrons.